The molecule has 1 amide bonds. The lowest BCUT2D eigenvalue weighted by molar-refractivity contribution is -0.137. The summed E-state index contributed by atoms with van der Waals surface area (Å²) in [5, 5.41) is 7.41. The summed E-state index contributed by atoms with van der Waals surface area (Å²) in [6, 6.07) is 3.05. The average Bonchev–Trinajstić information content (AvgIpc) is 3.22. The molecule has 0 radical (unpaired) electrons. The first-order chi connectivity index (χ1) is 14.8. The Bertz CT molecular complexity index is 918. The standard InChI is InChI=1S/C21H25ClF3N5O/c22-17-12-15(21(23,24)25)13-26-19(17)29-10-7-14(8-11-29)20(31)28-18-6-9-27-30(18)16-4-2-1-3-5-16/h6,9,12-14,16H,1-5,7-8,10-11H2,(H,28,31). The number of piperidine rings is 1. The third kappa shape index (κ3) is 4.97. The van der Waals surface area contributed by atoms with Gasteiger partial charge in [0.05, 0.1) is 22.8 Å². The molecule has 1 saturated heterocycles. The van der Waals surface area contributed by atoms with E-state index < -0.39 is 11.7 Å². The molecule has 10 heteroatoms. The molecule has 2 aromatic rings. The van der Waals surface area contributed by atoms with Gasteiger partial charge in [0, 0.05) is 31.3 Å². The predicted molar refractivity (Wildman–Crippen MR) is 112 cm³/mol. The fraction of sp³-hybridized carbons (Fsp3) is 0.571. The Balaban J connectivity index is 1.35. The van der Waals surface area contributed by atoms with E-state index in [-0.39, 0.29) is 16.8 Å². The second-order valence-corrected chi connectivity index (χ2v) is 8.64. The largest absolute Gasteiger partial charge is 0.417 e. The van der Waals surface area contributed by atoms with E-state index in [1.807, 2.05) is 15.6 Å². The quantitative estimate of drug-likeness (QED) is 0.678. The van der Waals surface area contributed by atoms with Crippen LogP contribution in [-0.2, 0) is 11.0 Å². The minimum atomic E-state index is -4.48. The minimum Gasteiger partial charge on any atom is -0.355 e. The molecule has 2 aliphatic rings. The number of carbonyl (C=O) groups is 1. The Kier molecular flexibility index (Phi) is 6.41. The topological polar surface area (TPSA) is 63.1 Å². The summed E-state index contributed by atoms with van der Waals surface area (Å²) in [6.07, 6.45) is 4.92. The summed E-state index contributed by atoms with van der Waals surface area (Å²) in [6.45, 7) is 0.996. The molecule has 6 nitrogen and oxygen atoms in total. The highest BCUT2D eigenvalue weighted by Crippen LogP contribution is 2.35. The van der Waals surface area contributed by atoms with Gasteiger partial charge in [-0.3, -0.25) is 4.79 Å². The van der Waals surface area contributed by atoms with Gasteiger partial charge < -0.3 is 10.2 Å². The Morgan fingerprint density at radius 2 is 1.84 bits per heavy atom. The van der Waals surface area contributed by atoms with Crippen LogP contribution in [0.1, 0.15) is 56.6 Å². The van der Waals surface area contributed by atoms with Crippen LogP contribution in [0.5, 0.6) is 0 Å². The van der Waals surface area contributed by atoms with Crippen LogP contribution in [0.3, 0.4) is 0 Å². The highest BCUT2D eigenvalue weighted by atomic mass is 35.5. The van der Waals surface area contributed by atoms with E-state index in [0.717, 1.165) is 30.9 Å². The van der Waals surface area contributed by atoms with E-state index >= 15 is 0 Å². The van der Waals surface area contributed by atoms with Gasteiger partial charge >= 0.3 is 6.18 Å². The summed E-state index contributed by atoms with van der Waals surface area (Å²) in [5.74, 6) is 0.818. The second-order valence-electron chi connectivity index (χ2n) is 8.23. The number of nitrogens with zero attached hydrogens (tertiary/aromatic N) is 4. The van der Waals surface area contributed by atoms with E-state index in [4.69, 9.17) is 11.6 Å². The van der Waals surface area contributed by atoms with Gasteiger partial charge in [0.2, 0.25) is 5.91 Å². The number of hydrogen-bond acceptors (Lipinski definition) is 4. The molecule has 0 unspecified atom stereocenters. The summed E-state index contributed by atoms with van der Waals surface area (Å²) in [7, 11) is 0. The first-order valence-electron chi connectivity index (χ1n) is 10.6. The van der Waals surface area contributed by atoms with Gasteiger partial charge in [0.25, 0.3) is 0 Å². The molecular formula is C21H25ClF3N5O. The molecule has 0 aromatic carbocycles. The smallest absolute Gasteiger partial charge is 0.355 e. The van der Waals surface area contributed by atoms with E-state index in [1.54, 1.807) is 6.20 Å². The number of carbonyl (C=O) groups excluding carboxylic acids is 1. The van der Waals surface area contributed by atoms with Crippen molar-refractivity contribution in [3.63, 3.8) is 0 Å². The number of anilines is 2. The van der Waals surface area contributed by atoms with Crippen molar-refractivity contribution in [1.29, 1.82) is 0 Å². The van der Waals surface area contributed by atoms with Crippen molar-refractivity contribution in [1.82, 2.24) is 14.8 Å². The third-order valence-corrected chi connectivity index (χ3v) is 6.43. The highest BCUT2D eigenvalue weighted by Gasteiger charge is 2.33. The molecule has 0 spiro atoms. The second kappa shape index (κ2) is 9.06. The van der Waals surface area contributed by atoms with Crippen LogP contribution < -0.4 is 10.2 Å². The maximum Gasteiger partial charge on any atom is 0.417 e. The van der Waals surface area contributed by atoms with Crippen LogP contribution in [-0.4, -0.2) is 33.8 Å². The number of pyridine rings is 1. The summed E-state index contributed by atoms with van der Waals surface area (Å²) in [5.41, 5.74) is -0.870. The molecule has 0 atom stereocenters. The van der Waals surface area contributed by atoms with Gasteiger partial charge in [0.15, 0.2) is 0 Å². The Hall–Kier alpha value is -2.29. The van der Waals surface area contributed by atoms with Crippen LogP contribution in [0, 0.1) is 5.92 Å². The average molecular weight is 456 g/mol. The molecular weight excluding hydrogens is 431 g/mol. The van der Waals surface area contributed by atoms with Crippen LogP contribution >= 0.6 is 11.6 Å². The summed E-state index contributed by atoms with van der Waals surface area (Å²) >= 11 is 6.06. The molecule has 1 N–H and O–H groups in total. The van der Waals surface area contributed by atoms with E-state index in [0.29, 0.717) is 37.8 Å². The SMILES string of the molecule is O=C(Nc1ccnn1C1CCCCC1)C1CCN(c2ncc(C(F)(F)F)cc2Cl)CC1. The first-order valence-corrected chi connectivity index (χ1v) is 11.0. The molecule has 168 valence electrons. The predicted octanol–water partition coefficient (Wildman–Crippen LogP) is 5.31. The van der Waals surface area contributed by atoms with Crippen molar-refractivity contribution < 1.29 is 18.0 Å². The van der Waals surface area contributed by atoms with E-state index in [2.05, 4.69) is 15.4 Å². The van der Waals surface area contributed by atoms with E-state index in [9.17, 15) is 18.0 Å². The highest BCUT2D eigenvalue weighted by molar-refractivity contribution is 6.33. The van der Waals surface area contributed by atoms with Crippen molar-refractivity contribution in [3.8, 4) is 0 Å². The monoisotopic (exact) mass is 455 g/mol. The lowest BCUT2D eigenvalue weighted by Gasteiger charge is -2.33. The Morgan fingerprint density at radius 1 is 1.13 bits per heavy atom. The normalized spacial score (nSPS) is 18.9. The number of amides is 1. The Morgan fingerprint density at radius 3 is 2.48 bits per heavy atom. The molecule has 31 heavy (non-hydrogen) atoms. The lowest BCUT2D eigenvalue weighted by Crippen LogP contribution is -2.39. The van der Waals surface area contributed by atoms with Crippen molar-refractivity contribution in [2.75, 3.05) is 23.3 Å². The van der Waals surface area contributed by atoms with Crippen LogP contribution in [0.25, 0.3) is 0 Å². The van der Waals surface area contributed by atoms with Crippen molar-refractivity contribution >= 4 is 29.1 Å². The van der Waals surface area contributed by atoms with Crippen LogP contribution in [0.15, 0.2) is 24.5 Å². The maximum atomic E-state index is 12.8. The van der Waals surface area contributed by atoms with E-state index in [1.165, 1.54) is 19.3 Å². The first kappa shape index (κ1) is 21.9. The van der Waals surface area contributed by atoms with Gasteiger partial charge in [-0.15, -0.1) is 0 Å². The fourth-order valence-corrected chi connectivity index (χ4v) is 4.72. The molecule has 1 aliphatic heterocycles. The van der Waals surface area contributed by atoms with Crippen LogP contribution in [0.2, 0.25) is 5.02 Å². The van der Waals surface area contributed by atoms with Crippen molar-refractivity contribution in [2.24, 2.45) is 5.92 Å². The number of rotatable bonds is 4. The summed E-state index contributed by atoms with van der Waals surface area (Å²) < 4.78 is 40.4. The lowest BCUT2D eigenvalue weighted by atomic mass is 9.95. The zero-order valence-electron chi connectivity index (χ0n) is 17.0. The van der Waals surface area contributed by atoms with Crippen molar-refractivity contribution in [3.05, 3.63) is 35.1 Å². The zero-order chi connectivity index (χ0) is 22.0. The zero-order valence-corrected chi connectivity index (χ0v) is 17.8. The molecule has 2 aromatic heterocycles. The van der Waals surface area contributed by atoms with Gasteiger partial charge in [-0.1, -0.05) is 30.9 Å². The van der Waals surface area contributed by atoms with Crippen molar-refractivity contribution in [2.45, 2.75) is 57.2 Å². The van der Waals surface area contributed by atoms with Crippen LogP contribution in [0.4, 0.5) is 24.8 Å². The van der Waals surface area contributed by atoms with Gasteiger partial charge in [-0.2, -0.15) is 18.3 Å². The summed E-state index contributed by atoms with van der Waals surface area (Å²) in [4.78, 5) is 18.6. The molecule has 2 fully saturated rings. The maximum absolute atomic E-state index is 12.8. The molecule has 1 saturated carbocycles. The van der Waals surface area contributed by atoms with Gasteiger partial charge in [-0.25, -0.2) is 9.67 Å². The number of hydrogen-bond donors (Lipinski definition) is 1. The van der Waals surface area contributed by atoms with Gasteiger partial charge in [0.1, 0.15) is 11.6 Å². The van der Waals surface area contributed by atoms with Gasteiger partial charge in [-0.05, 0) is 31.7 Å². The third-order valence-electron chi connectivity index (χ3n) is 6.16. The molecule has 1 aliphatic carbocycles. The minimum absolute atomic E-state index is 0.0332. The number of halogens is 4. The number of nitrogens with one attached hydrogen (secondary N) is 1. The Labute approximate surface area is 183 Å². The molecule has 0 bridgehead atoms. The molecule has 3 heterocycles. The molecule has 4 rings (SSSR count). The number of aromatic nitrogens is 3. The number of alkyl halides is 3. The fourth-order valence-electron chi connectivity index (χ4n) is 4.43.